The van der Waals surface area contributed by atoms with E-state index >= 15 is 0 Å². The lowest BCUT2D eigenvalue weighted by atomic mass is 9.98. The summed E-state index contributed by atoms with van der Waals surface area (Å²) in [6.45, 7) is 3.66. The van der Waals surface area contributed by atoms with Crippen LogP contribution in [0.2, 0.25) is 0 Å². The number of carboxylic acids is 1. The van der Waals surface area contributed by atoms with E-state index in [1.165, 1.54) is 36.4 Å². The second-order valence-electron chi connectivity index (χ2n) is 9.84. The first-order valence-electron chi connectivity index (χ1n) is 13.0. The van der Waals surface area contributed by atoms with Crippen LogP contribution in [0.3, 0.4) is 0 Å². The van der Waals surface area contributed by atoms with Gasteiger partial charge in [-0.05, 0) is 41.3 Å². The molecule has 0 saturated carbocycles. The fourth-order valence-electron chi connectivity index (χ4n) is 3.88. The summed E-state index contributed by atoms with van der Waals surface area (Å²) in [6.07, 6.45) is -0.187. The molecular weight excluding hydrogens is 534 g/mol. The first kappa shape index (κ1) is 32.6. The number of carbonyl (C=O) groups is 5. The van der Waals surface area contributed by atoms with Crippen LogP contribution >= 0.6 is 0 Å². The fraction of sp³-hybridized carbons (Fsp3) is 0.393. The van der Waals surface area contributed by atoms with Gasteiger partial charge < -0.3 is 42.7 Å². The van der Waals surface area contributed by atoms with E-state index in [4.69, 9.17) is 11.5 Å². The number of nitrogens with one attached hydrogen (secondary N) is 3. The highest BCUT2D eigenvalue weighted by Crippen LogP contribution is 2.14. The van der Waals surface area contributed by atoms with E-state index in [1.807, 2.05) is 6.92 Å². The van der Waals surface area contributed by atoms with E-state index < -0.39 is 60.2 Å². The monoisotopic (exact) mass is 571 g/mol. The zero-order valence-corrected chi connectivity index (χ0v) is 22.9. The van der Waals surface area contributed by atoms with Crippen LogP contribution in [0.25, 0.3) is 0 Å². The maximum atomic E-state index is 13.5. The Labute approximate surface area is 237 Å². The van der Waals surface area contributed by atoms with Crippen molar-refractivity contribution in [3.8, 4) is 11.5 Å². The van der Waals surface area contributed by atoms with Crippen molar-refractivity contribution in [3.63, 3.8) is 0 Å². The molecule has 0 aliphatic heterocycles. The van der Waals surface area contributed by atoms with E-state index in [1.54, 1.807) is 19.1 Å². The Morgan fingerprint density at radius 3 is 1.49 bits per heavy atom. The average Bonchev–Trinajstić information content (AvgIpc) is 2.92. The summed E-state index contributed by atoms with van der Waals surface area (Å²) in [5.74, 6) is -4.90. The van der Waals surface area contributed by atoms with Crippen LogP contribution in [-0.4, -0.2) is 69.1 Å². The Morgan fingerprint density at radius 2 is 1.12 bits per heavy atom. The highest BCUT2D eigenvalue weighted by atomic mass is 16.4. The van der Waals surface area contributed by atoms with Crippen molar-refractivity contribution >= 4 is 29.6 Å². The van der Waals surface area contributed by atoms with E-state index in [9.17, 15) is 39.3 Å². The molecule has 0 bridgehead atoms. The number of hydrogen-bond acceptors (Lipinski definition) is 8. The third-order valence-corrected chi connectivity index (χ3v) is 6.60. The summed E-state index contributed by atoms with van der Waals surface area (Å²) < 4.78 is 0. The van der Waals surface area contributed by atoms with Crippen LogP contribution in [0.1, 0.15) is 37.8 Å². The Kier molecular flexibility index (Phi) is 12.1. The van der Waals surface area contributed by atoms with E-state index in [2.05, 4.69) is 16.0 Å². The second-order valence-corrected chi connectivity index (χ2v) is 9.84. The number of amides is 4. The van der Waals surface area contributed by atoms with Gasteiger partial charge in [0.2, 0.25) is 23.6 Å². The molecule has 0 aliphatic carbocycles. The largest absolute Gasteiger partial charge is 0.508 e. The van der Waals surface area contributed by atoms with Crippen LogP contribution in [0, 0.1) is 5.92 Å². The van der Waals surface area contributed by atoms with Crippen LogP contribution in [-0.2, 0) is 36.8 Å². The number of aromatic hydroxyl groups is 2. The van der Waals surface area contributed by atoms with Gasteiger partial charge in [-0.1, -0.05) is 44.5 Å². The first-order valence-corrected chi connectivity index (χ1v) is 13.0. The molecule has 0 aromatic heterocycles. The molecule has 0 saturated heterocycles. The maximum absolute atomic E-state index is 13.5. The normalized spacial score (nSPS) is 14.5. The molecule has 4 amide bonds. The van der Waals surface area contributed by atoms with Gasteiger partial charge in [-0.15, -0.1) is 0 Å². The molecule has 2 rings (SSSR count). The van der Waals surface area contributed by atoms with E-state index in [-0.39, 0.29) is 30.3 Å². The molecule has 13 heteroatoms. The molecule has 13 nitrogen and oxygen atoms in total. The molecule has 5 unspecified atom stereocenters. The third-order valence-electron chi connectivity index (χ3n) is 6.60. The molecule has 5 atom stereocenters. The third kappa shape index (κ3) is 10.4. The summed E-state index contributed by atoms with van der Waals surface area (Å²) in [6, 6.07) is 6.68. The zero-order chi connectivity index (χ0) is 30.7. The highest BCUT2D eigenvalue weighted by Gasteiger charge is 2.32. The van der Waals surface area contributed by atoms with Crippen LogP contribution < -0.4 is 27.4 Å². The Bertz CT molecular complexity index is 1220. The lowest BCUT2D eigenvalue weighted by Gasteiger charge is -2.26. The zero-order valence-electron chi connectivity index (χ0n) is 22.9. The second kappa shape index (κ2) is 15.2. The Morgan fingerprint density at radius 1 is 0.732 bits per heavy atom. The summed E-state index contributed by atoms with van der Waals surface area (Å²) in [5, 5.41) is 36.1. The number of phenols is 2. The van der Waals surface area contributed by atoms with Gasteiger partial charge in [-0.25, -0.2) is 4.79 Å². The number of nitrogens with two attached hydrogens (primary N) is 2. The molecule has 0 spiro atoms. The molecule has 2 aromatic rings. The molecule has 0 fully saturated rings. The topological polar surface area (TPSA) is 234 Å². The van der Waals surface area contributed by atoms with Crippen LogP contribution in [0.4, 0.5) is 0 Å². The summed E-state index contributed by atoms with van der Waals surface area (Å²) >= 11 is 0. The molecular formula is C28H37N5O8. The highest BCUT2D eigenvalue weighted by molar-refractivity contribution is 5.95. The fourth-order valence-corrected chi connectivity index (χ4v) is 3.88. The molecule has 0 radical (unpaired) electrons. The summed E-state index contributed by atoms with van der Waals surface area (Å²) in [4.78, 5) is 62.6. The molecule has 222 valence electrons. The van der Waals surface area contributed by atoms with Crippen molar-refractivity contribution < 1.29 is 39.3 Å². The Hall–Kier alpha value is -4.65. The van der Waals surface area contributed by atoms with Crippen molar-refractivity contribution in [3.05, 3.63) is 59.7 Å². The molecule has 10 N–H and O–H groups in total. The number of carbonyl (C=O) groups excluding carboxylic acids is 4. The molecule has 41 heavy (non-hydrogen) atoms. The number of rotatable bonds is 15. The number of hydrogen-bond donors (Lipinski definition) is 8. The number of primary amides is 1. The van der Waals surface area contributed by atoms with Gasteiger partial charge in [0.05, 0.1) is 12.5 Å². The van der Waals surface area contributed by atoms with E-state index in [0.29, 0.717) is 17.5 Å². The minimum atomic E-state index is -1.64. The predicted molar refractivity (Wildman–Crippen MR) is 148 cm³/mol. The van der Waals surface area contributed by atoms with Gasteiger partial charge in [0, 0.05) is 12.8 Å². The maximum Gasteiger partial charge on any atom is 0.326 e. The van der Waals surface area contributed by atoms with Gasteiger partial charge in [0.1, 0.15) is 29.6 Å². The number of aliphatic carboxylic acids is 1. The summed E-state index contributed by atoms with van der Waals surface area (Å²) in [7, 11) is 0. The number of phenolic OH excluding ortho intramolecular Hbond substituents is 2. The van der Waals surface area contributed by atoms with Crippen molar-refractivity contribution in [1.82, 2.24) is 16.0 Å². The van der Waals surface area contributed by atoms with Gasteiger partial charge in [-0.3, -0.25) is 19.2 Å². The minimum absolute atomic E-state index is 0.00663. The quantitative estimate of drug-likeness (QED) is 0.140. The first-order chi connectivity index (χ1) is 19.3. The van der Waals surface area contributed by atoms with E-state index in [0.717, 1.165) is 0 Å². The molecule has 2 aromatic carbocycles. The predicted octanol–water partition coefficient (Wildman–Crippen LogP) is -0.329. The number of carboxylic acid groups (broad SMARTS) is 1. The smallest absolute Gasteiger partial charge is 0.326 e. The Balaban J connectivity index is 2.36. The van der Waals surface area contributed by atoms with Crippen molar-refractivity contribution in [1.29, 1.82) is 0 Å². The lowest BCUT2D eigenvalue weighted by molar-refractivity contribution is -0.143. The number of benzene rings is 2. The van der Waals surface area contributed by atoms with Crippen molar-refractivity contribution in [2.45, 2.75) is 63.7 Å². The van der Waals surface area contributed by atoms with Gasteiger partial charge in [0.25, 0.3) is 0 Å². The van der Waals surface area contributed by atoms with Crippen molar-refractivity contribution in [2.75, 3.05) is 0 Å². The average molecular weight is 572 g/mol. The van der Waals surface area contributed by atoms with Crippen LogP contribution in [0.5, 0.6) is 11.5 Å². The standard InChI is InChI=1S/C28H37N5O8/c1-3-15(2)24(30)27(39)32-21(13-17-6-10-19(35)11-7-17)25(37)31-20(12-16-4-8-18(34)9-5-16)26(38)33-22(28(40)41)14-23(29)36/h4-11,15,20-22,24,34-35H,3,12-14,30H2,1-2H3,(H2,29,36)(H,31,37)(H,32,39)(H,33,38)(H,40,41). The van der Waals surface area contributed by atoms with Gasteiger partial charge >= 0.3 is 5.97 Å². The van der Waals surface area contributed by atoms with Crippen molar-refractivity contribution in [2.24, 2.45) is 17.4 Å². The van der Waals surface area contributed by atoms with Gasteiger partial charge in [-0.2, -0.15) is 0 Å². The SMILES string of the molecule is CCC(C)C(N)C(=O)NC(Cc1ccc(O)cc1)C(=O)NC(Cc1ccc(O)cc1)C(=O)NC(CC(N)=O)C(=O)O. The van der Waals surface area contributed by atoms with Crippen LogP contribution in [0.15, 0.2) is 48.5 Å². The summed E-state index contributed by atoms with van der Waals surface area (Å²) in [5.41, 5.74) is 12.3. The minimum Gasteiger partial charge on any atom is -0.508 e. The van der Waals surface area contributed by atoms with Gasteiger partial charge in [0.15, 0.2) is 0 Å². The molecule has 0 heterocycles. The molecule has 0 aliphatic rings. The lowest BCUT2D eigenvalue weighted by Crippen LogP contribution is -2.58.